The fraction of sp³-hybridized carbons (Fsp3) is 0.360. The van der Waals surface area contributed by atoms with Crippen LogP contribution in [0, 0.1) is 44.7 Å². The summed E-state index contributed by atoms with van der Waals surface area (Å²) in [6, 6.07) is 12.6. The van der Waals surface area contributed by atoms with E-state index in [9.17, 15) is 24.3 Å². The highest BCUT2D eigenvalue weighted by Crippen LogP contribution is 2.40. The molecule has 0 bridgehead atoms. The highest BCUT2D eigenvalue weighted by Gasteiger charge is 2.45. The summed E-state index contributed by atoms with van der Waals surface area (Å²) in [5.74, 6) is -3.45. The largest absolute Gasteiger partial charge is 0.469 e. The van der Waals surface area contributed by atoms with E-state index in [-0.39, 0.29) is 30.5 Å². The second-order valence-corrected chi connectivity index (χ2v) is 20.4. The van der Waals surface area contributed by atoms with Crippen LogP contribution in [0.4, 0.5) is 8.78 Å². The van der Waals surface area contributed by atoms with Gasteiger partial charge in [-0.1, -0.05) is 69.3 Å². The van der Waals surface area contributed by atoms with Crippen LogP contribution in [0.3, 0.4) is 0 Å². The zero-order chi connectivity index (χ0) is 48.9. The molecule has 1 unspecified atom stereocenters. The van der Waals surface area contributed by atoms with Crippen molar-refractivity contribution in [1.29, 1.82) is 0 Å². The monoisotopic (exact) mass is 962 g/mol. The molecule has 3 aromatic carbocycles. The molecule has 1 fully saturated rings. The quantitative estimate of drug-likeness (QED) is 0.108. The van der Waals surface area contributed by atoms with E-state index in [4.69, 9.17) is 9.73 Å². The minimum atomic E-state index is -1.31. The van der Waals surface area contributed by atoms with Crippen molar-refractivity contribution in [2.45, 2.75) is 98.5 Å². The number of esters is 1. The second-order valence-electron chi connectivity index (χ2n) is 18.4. The molecule has 14 nitrogen and oxygen atoms in total. The number of rotatable bonds is 11. The van der Waals surface area contributed by atoms with Gasteiger partial charge in [-0.3, -0.25) is 28.7 Å². The minimum Gasteiger partial charge on any atom is -0.469 e. The molecule has 3 aromatic heterocycles. The number of aliphatic imine (C=N–C) groups is 1. The summed E-state index contributed by atoms with van der Waals surface area (Å²) in [5.41, 5.74) is 6.00. The lowest BCUT2D eigenvalue weighted by Gasteiger charge is -2.35. The molecule has 0 spiro atoms. The maximum Gasteiger partial charge on any atom is 0.308 e. The summed E-state index contributed by atoms with van der Waals surface area (Å²) in [6.45, 7) is 14.5. The maximum absolute atomic E-state index is 16.7. The number of aromatic nitrogens is 4. The molecule has 0 radical (unpaired) electrons. The lowest BCUT2D eigenvalue weighted by atomic mass is 9.85. The number of halogens is 2. The van der Waals surface area contributed by atoms with Crippen LogP contribution in [0.2, 0.25) is 0 Å². The fourth-order valence-corrected chi connectivity index (χ4v) is 10.8. The summed E-state index contributed by atoms with van der Waals surface area (Å²) in [4.78, 5) is 67.7. The molecule has 3 amide bonds. The van der Waals surface area contributed by atoms with Crippen molar-refractivity contribution in [2.75, 3.05) is 13.7 Å². The summed E-state index contributed by atoms with van der Waals surface area (Å²) < 4.78 is 39.1. The molecular formula is C50H52F2N8O6S2. The second kappa shape index (κ2) is 18.9. The number of amides is 3. The Morgan fingerprint density at radius 3 is 2.26 bits per heavy atom. The first-order valence-electron chi connectivity index (χ1n) is 22.1. The predicted octanol–water partition coefficient (Wildman–Crippen LogP) is 8.07. The first-order chi connectivity index (χ1) is 32.2. The average molecular weight is 963 g/mol. The molecule has 0 saturated carbocycles. The number of methoxy groups -OCH3 is 1. The van der Waals surface area contributed by atoms with Crippen LogP contribution in [-0.4, -0.2) is 91.0 Å². The summed E-state index contributed by atoms with van der Waals surface area (Å²) in [6.07, 6.45) is -1.14. The highest BCUT2D eigenvalue weighted by molar-refractivity contribution is 7.15. The Hall–Kier alpha value is -6.50. The molecule has 2 aliphatic heterocycles. The standard InChI is InChI=1S/C50H52F2N8O6S2/c1-24-27(4)68-49-40(24)42(55-37(21-39(62)66-9)45-58-57-28(5)60(45)49)31-14-12-30(13-15-31)35-18-33(51)19-36(41(35)52)46(63)56-44(50(6,7)8)48(65)59-22-34(61)20-38(59)47(64)54-25(2)29-10-16-32(17-11-29)43-26(3)53-23-67-43/h10-19,23,25,34,37-38,44,61H,20-22H2,1-9H3,(H,54,64)(H,56,63)/t25-,34+,37-,38-,44?/m0/s1. The number of aliphatic hydroxyl groups excluding tert-OH is 1. The van der Waals surface area contributed by atoms with Crippen molar-refractivity contribution in [3.8, 4) is 26.6 Å². The van der Waals surface area contributed by atoms with E-state index in [2.05, 4.69) is 25.8 Å². The Morgan fingerprint density at radius 2 is 1.62 bits per heavy atom. The number of benzene rings is 3. The number of hydrogen-bond acceptors (Lipinski definition) is 12. The Bertz CT molecular complexity index is 2970. The molecule has 18 heteroatoms. The third kappa shape index (κ3) is 9.23. The third-order valence-electron chi connectivity index (χ3n) is 12.6. The van der Waals surface area contributed by atoms with Gasteiger partial charge in [0.15, 0.2) is 5.82 Å². The van der Waals surface area contributed by atoms with E-state index in [1.54, 1.807) is 73.2 Å². The predicted molar refractivity (Wildman–Crippen MR) is 256 cm³/mol. The maximum atomic E-state index is 16.7. The molecule has 3 N–H and O–H groups in total. The molecule has 5 atom stereocenters. The van der Waals surface area contributed by atoms with Crippen LogP contribution < -0.4 is 10.6 Å². The summed E-state index contributed by atoms with van der Waals surface area (Å²) in [5, 5.41) is 25.9. The molecule has 68 heavy (non-hydrogen) atoms. The van der Waals surface area contributed by atoms with Gasteiger partial charge in [0.1, 0.15) is 40.6 Å². The summed E-state index contributed by atoms with van der Waals surface area (Å²) in [7, 11) is 1.30. The van der Waals surface area contributed by atoms with Crippen LogP contribution >= 0.6 is 22.7 Å². The van der Waals surface area contributed by atoms with Gasteiger partial charge in [0.05, 0.1) is 53.0 Å². The number of carbonyl (C=O) groups is 4. The lowest BCUT2D eigenvalue weighted by molar-refractivity contribution is -0.142. The molecule has 0 aliphatic carbocycles. The van der Waals surface area contributed by atoms with Gasteiger partial charge in [-0.05, 0) is 74.4 Å². The number of fused-ring (bicyclic) bond motifs is 3. The highest BCUT2D eigenvalue weighted by atomic mass is 32.1. The van der Waals surface area contributed by atoms with Crippen molar-refractivity contribution >= 4 is 52.1 Å². The first-order valence-corrected chi connectivity index (χ1v) is 23.8. The molecule has 5 heterocycles. The van der Waals surface area contributed by atoms with Crippen molar-refractivity contribution in [3.63, 3.8) is 0 Å². The number of hydrogen-bond donors (Lipinski definition) is 3. The van der Waals surface area contributed by atoms with Crippen molar-refractivity contribution in [1.82, 2.24) is 35.3 Å². The first kappa shape index (κ1) is 48.0. The van der Waals surface area contributed by atoms with Gasteiger partial charge in [0.2, 0.25) is 11.8 Å². The van der Waals surface area contributed by atoms with Crippen LogP contribution in [0.15, 0.2) is 71.2 Å². The summed E-state index contributed by atoms with van der Waals surface area (Å²) >= 11 is 3.08. The molecule has 354 valence electrons. The van der Waals surface area contributed by atoms with Crippen molar-refractivity contribution < 1.29 is 37.8 Å². The number of carbonyl (C=O) groups excluding carboxylic acids is 4. The van der Waals surface area contributed by atoms with E-state index in [1.807, 2.05) is 63.5 Å². The fourth-order valence-electron chi connectivity index (χ4n) is 8.76. The van der Waals surface area contributed by atoms with E-state index in [0.717, 1.165) is 54.8 Å². The Balaban J connectivity index is 1.03. The molecule has 8 rings (SSSR count). The number of aryl methyl sites for hydroxylation is 3. The van der Waals surface area contributed by atoms with Gasteiger partial charge in [-0.2, -0.15) is 0 Å². The number of β-amino-alcohol motifs (C(OH)–C–C–N with tert-alkyl or cyclic N) is 1. The number of aliphatic hydroxyl groups is 1. The molecule has 2 aliphatic rings. The molecular weight excluding hydrogens is 911 g/mol. The Morgan fingerprint density at radius 1 is 0.941 bits per heavy atom. The van der Waals surface area contributed by atoms with Gasteiger partial charge >= 0.3 is 5.97 Å². The van der Waals surface area contributed by atoms with Crippen LogP contribution in [0.1, 0.15) is 107 Å². The van der Waals surface area contributed by atoms with Gasteiger partial charge in [-0.15, -0.1) is 32.9 Å². The Labute approximate surface area is 400 Å². The average Bonchev–Trinajstić information content (AvgIpc) is 4.07. The van der Waals surface area contributed by atoms with E-state index < -0.39 is 76.6 Å². The van der Waals surface area contributed by atoms with E-state index in [1.165, 1.54) is 12.0 Å². The number of ether oxygens (including phenoxy) is 1. The van der Waals surface area contributed by atoms with Gasteiger partial charge < -0.3 is 25.4 Å². The van der Waals surface area contributed by atoms with E-state index >= 15 is 8.78 Å². The third-order valence-corrected chi connectivity index (χ3v) is 14.8. The minimum absolute atomic E-state index is 0.0311. The zero-order valence-electron chi connectivity index (χ0n) is 39.1. The molecule has 6 aromatic rings. The zero-order valence-corrected chi connectivity index (χ0v) is 40.7. The van der Waals surface area contributed by atoms with Gasteiger partial charge in [0.25, 0.3) is 5.91 Å². The van der Waals surface area contributed by atoms with Gasteiger partial charge in [0, 0.05) is 34.5 Å². The number of thiazole rings is 1. The normalized spacial score (nSPS) is 17.7. The lowest BCUT2D eigenvalue weighted by Crippen LogP contribution is -2.58. The SMILES string of the molecule is COC(=O)C[C@@H]1N=C(c2ccc(-c3cc(F)cc(C(=O)NC(C(=O)N4C[C@H](O)C[C@H]4C(=O)N[C@@H](C)c4ccc(-c5scnc5C)cc4)C(C)(C)C)c3F)cc2)c2c(sc(C)c2C)-n2c(C)nnc21. The number of nitrogens with zero attached hydrogens (tertiary/aromatic N) is 6. The van der Waals surface area contributed by atoms with Crippen LogP contribution in [0.5, 0.6) is 0 Å². The van der Waals surface area contributed by atoms with E-state index in [0.29, 0.717) is 22.9 Å². The van der Waals surface area contributed by atoms with Crippen LogP contribution in [0.25, 0.3) is 26.6 Å². The van der Waals surface area contributed by atoms with Crippen molar-refractivity contribution in [3.05, 3.63) is 128 Å². The number of nitrogens with one attached hydrogen (secondary N) is 2. The van der Waals surface area contributed by atoms with Crippen molar-refractivity contribution in [2.24, 2.45) is 10.4 Å². The van der Waals surface area contributed by atoms with Crippen LogP contribution in [-0.2, 0) is 19.1 Å². The Kier molecular flexibility index (Phi) is 13.3. The smallest absolute Gasteiger partial charge is 0.308 e. The number of thiophene rings is 1. The topological polar surface area (TPSA) is 181 Å². The molecule has 1 saturated heterocycles. The van der Waals surface area contributed by atoms with Gasteiger partial charge in [-0.25, -0.2) is 13.8 Å². The number of likely N-dealkylation sites (tertiary alicyclic amines) is 1.